The summed E-state index contributed by atoms with van der Waals surface area (Å²) < 4.78 is 0. The molecule has 7 heteroatoms. The van der Waals surface area contributed by atoms with Crippen molar-refractivity contribution in [1.29, 1.82) is 0 Å². The summed E-state index contributed by atoms with van der Waals surface area (Å²) in [5.74, 6) is -0.234. The number of aliphatic hydroxyl groups excluding tert-OH is 3. The Labute approximate surface area is 109 Å². The quantitative estimate of drug-likeness (QED) is 0.490. The van der Waals surface area contributed by atoms with Crippen molar-refractivity contribution >= 4 is 16.9 Å². The second-order valence-electron chi connectivity index (χ2n) is 4.99. The average molecular weight is 264 g/mol. The second-order valence-corrected chi connectivity index (χ2v) is 4.99. The van der Waals surface area contributed by atoms with Crippen molar-refractivity contribution in [2.24, 2.45) is 5.92 Å². The number of aromatic nitrogens is 3. The van der Waals surface area contributed by atoms with E-state index in [1.807, 2.05) is 0 Å². The molecule has 0 radical (unpaired) electrons. The van der Waals surface area contributed by atoms with Gasteiger partial charge in [0.1, 0.15) is 11.8 Å². The zero-order valence-electron chi connectivity index (χ0n) is 10.2. The van der Waals surface area contributed by atoms with Gasteiger partial charge in [0, 0.05) is 30.2 Å². The smallest absolute Gasteiger partial charge is 0.151 e. The summed E-state index contributed by atoms with van der Waals surface area (Å²) in [6.45, 7) is -0.145. The molecule has 7 nitrogen and oxygen atoms in total. The number of hydrogen-bond donors (Lipinski definition) is 5. The summed E-state index contributed by atoms with van der Waals surface area (Å²) in [5.41, 5.74) is 7.83. The van der Waals surface area contributed by atoms with Gasteiger partial charge in [0.15, 0.2) is 5.82 Å². The van der Waals surface area contributed by atoms with Crippen molar-refractivity contribution in [3.63, 3.8) is 0 Å². The lowest BCUT2D eigenvalue weighted by atomic mass is 9.96. The van der Waals surface area contributed by atoms with Gasteiger partial charge < -0.3 is 26.0 Å². The van der Waals surface area contributed by atoms with Crippen LogP contribution in [0.5, 0.6) is 0 Å². The van der Waals surface area contributed by atoms with Gasteiger partial charge in [-0.2, -0.15) is 0 Å². The van der Waals surface area contributed by atoms with Crippen molar-refractivity contribution < 1.29 is 15.3 Å². The number of rotatable bonds is 2. The number of aliphatic hydroxyl groups is 3. The number of fused-ring (bicyclic) bond motifs is 1. The Bertz CT molecular complexity index is 600. The van der Waals surface area contributed by atoms with Gasteiger partial charge >= 0.3 is 0 Å². The highest BCUT2D eigenvalue weighted by Crippen LogP contribution is 2.41. The Kier molecular flexibility index (Phi) is 2.89. The van der Waals surface area contributed by atoms with E-state index in [0.29, 0.717) is 23.3 Å². The van der Waals surface area contributed by atoms with Gasteiger partial charge in [0.25, 0.3) is 0 Å². The van der Waals surface area contributed by atoms with Crippen molar-refractivity contribution in [2.45, 2.75) is 24.5 Å². The van der Waals surface area contributed by atoms with E-state index in [4.69, 9.17) is 5.73 Å². The van der Waals surface area contributed by atoms with Gasteiger partial charge in [-0.25, -0.2) is 9.97 Å². The predicted molar refractivity (Wildman–Crippen MR) is 68.2 cm³/mol. The predicted octanol–water partition coefficient (Wildman–Crippen LogP) is -0.642. The molecule has 1 saturated carbocycles. The first-order valence-electron chi connectivity index (χ1n) is 6.18. The average Bonchev–Trinajstić information content (AvgIpc) is 2.94. The molecule has 1 aliphatic carbocycles. The maximum Gasteiger partial charge on any atom is 0.151 e. The molecule has 0 saturated heterocycles. The molecule has 1 fully saturated rings. The van der Waals surface area contributed by atoms with Crippen LogP contribution in [0, 0.1) is 5.92 Å². The molecule has 6 N–H and O–H groups in total. The summed E-state index contributed by atoms with van der Waals surface area (Å²) in [7, 11) is 0. The highest BCUT2D eigenvalue weighted by Gasteiger charge is 2.42. The molecule has 0 amide bonds. The third-order valence-corrected chi connectivity index (χ3v) is 3.96. The Hall–Kier alpha value is -1.70. The number of hydrogen-bond acceptors (Lipinski definition) is 6. The molecule has 0 aromatic carbocycles. The maximum absolute atomic E-state index is 10.1. The summed E-state index contributed by atoms with van der Waals surface area (Å²) >= 11 is 0. The lowest BCUT2D eigenvalue weighted by molar-refractivity contribution is 0.00241. The summed E-state index contributed by atoms with van der Waals surface area (Å²) in [6.07, 6.45) is 1.79. The molecule has 1 aliphatic rings. The van der Waals surface area contributed by atoms with Crippen LogP contribution in [0.3, 0.4) is 0 Å². The van der Waals surface area contributed by atoms with Crippen LogP contribution in [0.4, 0.5) is 5.82 Å². The zero-order valence-corrected chi connectivity index (χ0v) is 10.2. The number of nitrogens with two attached hydrogens (primary N) is 1. The van der Waals surface area contributed by atoms with E-state index >= 15 is 0 Å². The first-order chi connectivity index (χ1) is 9.13. The fourth-order valence-corrected chi connectivity index (χ4v) is 2.88. The summed E-state index contributed by atoms with van der Waals surface area (Å²) in [5, 5.41) is 29.2. The Morgan fingerprint density at radius 3 is 2.79 bits per heavy atom. The van der Waals surface area contributed by atoms with Crippen LogP contribution in [0.2, 0.25) is 0 Å². The lowest BCUT2D eigenvalue weighted by Crippen LogP contribution is -2.28. The first-order valence-corrected chi connectivity index (χ1v) is 6.18. The van der Waals surface area contributed by atoms with Crippen LogP contribution >= 0.6 is 0 Å². The number of nitrogen functional groups attached to an aromatic ring is 1. The van der Waals surface area contributed by atoms with Gasteiger partial charge in [-0.3, -0.25) is 0 Å². The van der Waals surface area contributed by atoms with Crippen molar-refractivity contribution in [2.75, 3.05) is 12.3 Å². The standard InChI is InChI=1S/C12H16N4O3/c13-12-9-8(15-4-16-12)7(2-14-9)6-1-5(3-17)10(18)11(6)19/h2,4-6,10-11,14,17-19H,1,3H2,(H2,13,15,16)/t5-,6+,10-,11-/m1/s1. The van der Waals surface area contributed by atoms with Crippen LogP contribution in [-0.4, -0.2) is 49.1 Å². The first kappa shape index (κ1) is 12.3. The number of H-pyrrole nitrogens is 1. The SMILES string of the molecule is Nc1ncnc2c([C@@H]3C[C@H](CO)[C@@H](O)[C@@H]3O)c[nH]c12. The molecular weight excluding hydrogens is 248 g/mol. The molecule has 102 valence electrons. The fourth-order valence-electron chi connectivity index (χ4n) is 2.88. The molecule has 4 atom stereocenters. The minimum absolute atomic E-state index is 0.145. The van der Waals surface area contributed by atoms with E-state index in [2.05, 4.69) is 15.0 Å². The third-order valence-electron chi connectivity index (χ3n) is 3.96. The normalized spacial score (nSPS) is 31.1. The number of nitrogens with one attached hydrogen (secondary N) is 1. The fraction of sp³-hybridized carbons (Fsp3) is 0.500. The summed E-state index contributed by atoms with van der Waals surface area (Å²) in [6, 6.07) is 0. The van der Waals surface area contributed by atoms with E-state index in [1.54, 1.807) is 6.20 Å². The molecule has 2 heterocycles. The molecular formula is C12H16N4O3. The van der Waals surface area contributed by atoms with Crippen molar-refractivity contribution in [1.82, 2.24) is 15.0 Å². The Morgan fingerprint density at radius 2 is 2.11 bits per heavy atom. The van der Waals surface area contributed by atoms with Gasteiger partial charge in [0.05, 0.1) is 17.7 Å². The Balaban J connectivity index is 2.04. The minimum atomic E-state index is -0.917. The van der Waals surface area contributed by atoms with Gasteiger partial charge in [0.2, 0.25) is 0 Å². The highest BCUT2D eigenvalue weighted by molar-refractivity contribution is 5.87. The second kappa shape index (κ2) is 4.44. The van der Waals surface area contributed by atoms with E-state index in [0.717, 1.165) is 5.56 Å². The molecule has 0 aliphatic heterocycles. The van der Waals surface area contributed by atoms with Crippen LogP contribution in [-0.2, 0) is 0 Å². The zero-order chi connectivity index (χ0) is 13.6. The van der Waals surface area contributed by atoms with Gasteiger partial charge in [-0.05, 0) is 6.42 Å². The van der Waals surface area contributed by atoms with Crippen LogP contribution in [0.1, 0.15) is 17.9 Å². The minimum Gasteiger partial charge on any atom is -0.396 e. The number of anilines is 1. The number of aromatic amines is 1. The van der Waals surface area contributed by atoms with E-state index < -0.39 is 12.2 Å². The van der Waals surface area contributed by atoms with Crippen molar-refractivity contribution in [3.05, 3.63) is 18.1 Å². The van der Waals surface area contributed by atoms with Crippen LogP contribution in [0.15, 0.2) is 12.5 Å². The third kappa shape index (κ3) is 1.78. The Morgan fingerprint density at radius 1 is 1.32 bits per heavy atom. The lowest BCUT2D eigenvalue weighted by Gasteiger charge is -2.15. The number of nitrogens with zero attached hydrogens (tertiary/aromatic N) is 2. The summed E-state index contributed by atoms with van der Waals surface area (Å²) in [4.78, 5) is 11.1. The largest absolute Gasteiger partial charge is 0.396 e. The molecule has 19 heavy (non-hydrogen) atoms. The van der Waals surface area contributed by atoms with E-state index in [9.17, 15) is 15.3 Å². The monoisotopic (exact) mass is 264 g/mol. The highest BCUT2D eigenvalue weighted by atomic mass is 16.3. The van der Waals surface area contributed by atoms with Crippen LogP contribution < -0.4 is 5.73 Å². The van der Waals surface area contributed by atoms with Gasteiger partial charge in [-0.15, -0.1) is 0 Å². The van der Waals surface area contributed by atoms with Gasteiger partial charge in [-0.1, -0.05) is 0 Å². The van der Waals surface area contributed by atoms with E-state index in [-0.39, 0.29) is 18.4 Å². The maximum atomic E-state index is 10.1. The molecule has 0 spiro atoms. The molecule has 3 rings (SSSR count). The van der Waals surface area contributed by atoms with Crippen molar-refractivity contribution in [3.8, 4) is 0 Å². The van der Waals surface area contributed by atoms with E-state index in [1.165, 1.54) is 6.33 Å². The topological polar surface area (TPSA) is 128 Å². The molecule has 0 unspecified atom stereocenters. The molecule has 2 aromatic heterocycles. The molecule has 2 aromatic rings. The molecule has 0 bridgehead atoms. The van der Waals surface area contributed by atoms with Crippen LogP contribution in [0.25, 0.3) is 11.0 Å².